The van der Waals surface area contributed by atoms with E-state index in [1.807, 2.05) is 19.1 Å². The second kappa shape index (κ2) is 6.89. The third-order valence-electron chi connectivity index (χ3n) is 2.86. The number of hydrogen-bond acceptors (Lipinski definition) is 3. The summed E-state index contributed by atoms with van der Waals surface area (Å²) < 4.78 is 19.1. The Bertz CT molecular complexity index is 572. The summed E-state index contributed by atoms with van der Waals surface area (Å²) in [6, 6.07) is 8.63. The van der Waals surface area contributed by atoms with Crippen LogP contribution in [-0.4, -0.2) is 11.5 Å². The van der Waals surface area contributed by atoms with Crippen LogP contribution in [0.25, 0.3) is 0 Å². The molecule has 0 unspecified atom stereocenters. The number of halogens is 1. The van der Waals surface area contributed by atoms with Crippen LogP contribution in [0.5, 0.6) is 5.75 Å². The van der Waals surface area contributed by atoms with E-state index in [2.05, 4.69) is 17.2 Å². The highest BCUT2D eigenvalue weighted by Gasteiger charge is 2.04. The van der Waals surface area contributed by atoms with Crippen LogP contribution in [0.3, 0.4) is 0 Å². The van der Waals surface area contributed by atoms with Crippen molar-refractivity contribution >= 4 is 5.82 Å². The molecule has 4 heteroatoms. The van der Waals surface area contributed by atoms with Crippen molar-refractivity contribution in [1.29, 1.82) is 0 Å². The van der Waals surface area contributed by atoms with Crippen molar-refractivity contribution in [3.63, 3.8) is 0 Å². The Kier molecular flexibility index (Phi) is 4.93. The van der Waals surface area contributed by atoms with E-state index < -0.39 is 0 Å². The van der Waals surface area contributed by atoms with E-state index in [4.69, 9.17) is 4.74 Å². The third kappa shape index (κ3) is 3.95. The molecule has 1 aromatic heterocycles. The van der Waals surface area contributed by atoms with Crippen molar-refractivity contribution in [3.8, 4) is 5.75 Å². The molecule has 0 aliphatic rings. The molecule has 0 atom stereocenters. The van der Waals surface area contributed by atoms with Crippen molar-refractivity contribution in [2.75, 3.05) is 11.9 Å². The van der Waals surface area contributed by atoms with Crippen LogP contribution in [0.2, 0.25) is 0 Å². The molecule has 0 bridgehead atoms. The number of nitrogens with one attached hydrogen (secondary N) is 1. The van der Waals surface area contributed by atoms with Gasteiger partial charge in [0.15, 0.2) is 11.6 Å². The highest BCUT2D eigenvalue weighted by atomic mass is 19.1. The summed E-state index contributed by atoms with van der Waals surface area (Å²) in [5, 5.41) is 3.21. The van der Waals surface area contributed by atoms with Crippen LogP contribution in [0, 0.1) is 12.7 Å². The van der Waals surface area contributed by atoms with E-state index in [1.165, 1.54) is 6.07 Å². The molecule has 0 radical (unpaired) electrons. The van der Waals surface area contributed by atoms with Crippen molar-refractivity contribution < 1.29 is 9.13 Å². The molecule has 1 N–H and O–H groups in total. The van der Waals surface area contributed by atoms with Gasteiger partial charge < -0.3 is 10.1 Å². The largest absolute Gasteiger partial charge is 0.486 e. The zero-order valence-corrected chi connectivity index (χ0v) is 11.8. The van der Waals surface area contributed by atoms with Gasteiger partial charge in [-0.15, -0.1) is 0 Å². The second-order valence-corrected chi connectivity index (χ2v) is 4.70. The lowest BCUT2D eigenvalue weighted by molar-refractivity contribution is 0.290. The van der Waals surface area contributed by atoms with E-state index in [9.17, 15) is 4.39 Å². The first-order chi connectivity index (χ1) is 9.69. The predicted molar refractivity (Wildman–Crippen MR) is 78.5 cm³/mol. The lowest BCUT2D eigenvalue weighted by atomic mass is 10.2. The maximum atomic E-state index is 13.6. The van der Waals surface area contributed by atoms with Crippen LogP contribution in [0.15, 0.2) is 36.5 Å². The van der Waals surface area contributed by atoms with Crippen LogP contribution in [0.1, 0.15) is 24.5 Å². The Morgan fingerprint density at radius 3 is 2.90 bits per heavy atom. The molecule has 2 aromatic rings. The van der Waals surface area contributed by atoms with Gasteiger partial charge in [-0.2, -0.15) is 0 Å². The lowest BCUT2D eigenvalue weighted by Gasteiger charge is -2.09. The molecule has 0 saturated heterocycles. The molecule has 0 saturated carbocycles. The minimum absolute atomic E-state index is 0.282. The van der Waals surface area contributed by atoms with Crippen molar-refractivity contribution in [2.45, 2.75) is 26.9 Å². The zero-order valence-electron chi connectivity index (χ0n) is 11.8. The number of benzene rings is 1. The zero-order chi connectivity index (χ0) is 14.4. The molecule has 0 aliphatic carbocycles. The molecule has 106 valence electrons. The average molecular weight is 274 g/mol. The smallest absolute Gasteiger partial charge is 0.165 e. The fourth-order valence-electron chi connectivity index (χ4n) is 1.80. The van der Waals surface area contributed by atoms with E-state index in [1.54, 1.807) is 18.3 Å². The van der Waals surface area contributed by atoms with Crippen LogP contribution in [0.4, 0.5) is 10.2 Å². The maximum absolute atomic E-state index is 13.6. The molecule has 1 aromatic carbocycles. The topological polar surface area (TPSA) is 34.1 Å². The first kappa shape index (κ1) is 14.3. The highest BCUT2D eigenvalue weighted by molar-refractivity contribution is 5.37. The second-order valence-electron chi connectivity index (χ2n) is 4.70. The molecule has 0 aliphatic heterocycles. The average Bonchev–Trinajstić information content (AvgIpc) is 2.46. The molecule has 20 heavy (non-hydrogen) atoms. The summed E-state index contributed by atoms with van der Waals surface area (Å²) >= 11 is 0. The van der Waals surface area contributed by atoms with E-state index in [-0.39, 0.29) is 11.6 Å². The van der Waals surface area contributed by atoms with Gasteiger partial charge in [0.05, 0.1) is 0 Å². The van der Waals surface area contributed by atoms with Crippen molar-refractivity contribution in [1.82, 2.24) is 4.98 Å². The predicted octanol–water partition coefficient (Wildman–Crippen LogP) is 3.93. The van der Waals surface area contributed by atoms with Gasteiger partial charge in [-0.05, 0) is 48.7 Å². The van der Waals surface area contributed by atoms with Crippen LogP contribution < -0.4 is 10.1 Å². The standard InChI is InChI=1S/C16H19FN2O/c1-3-7-18-16-10-13(6-8-19-16)11-20-15-9-12(2)4-5-14(15)17/h4-6,8-10H,3,7,11H2,1-2H3,(H,18,19). The van der Waals surface area contributed by atoms with Gasteiger partial charge in [-0.25, -0.2) is 9.37 Å². The summed E-state index contributed by atoms with van der Waals surface area (Å²) in [5.41, 5.74) is 1.93. The minimum atomic E-state index is -0.339. The highest BCUT2D eigenvalue weighted by Crippen LogP contribution is 2.20. The Balaban J connectivity index is 2.01. The van der Waals surface area contributed by atoms with E-state index >= 15 is 0 Å². The molecule has 1 heterocycles. The normalized spacial score (nSPS) is 10.3. The Morgan fingerprint density at radius 2 is 2.10 bits per heavy atom. The fraction of sp³-hybridized carbons (Fsp3) is 0.312. The molecular formula is C16H19FN2O. The minimum Gasteiger partial charge on any atom is -0.486 e. The number of ether oxygens (including phenoxy) is 1. The number of pyridine rings is 1. The Morgan fingerprint density at radius 1 is 1.25 bits per heavy atom. The Labute approximate surface area is 118 Å². The van der Waals surface area contributed by atoms with Gasteiger partial charge in [-0.1, -0.05) is 13.0 Å². The van der Waals surface area contributed by atoms with Gasteiger partial charge in [-0.3, -0.25) is 0 Å². The first-order valence-corrected chi connectivity index (χ1v) is 6.77. The van der Waals surface area contributed by atoms with Gasteiger partial charge in [0.1, 0.15) is 12.4 Å². The molecule has 3 nitrogen and oxygen atoms in total. The fourth-order valence-corrected chi connectivity index (χ4v) is 1.80. The van der Waals surface area contributed by atoms with E-state index in [0.717, 1.165) is 29.9 Å². The lowest BCUT2D eigenvalue weighted by Crippen LogP contribution is -2.03. The van der Waals surface area contributed by atoms with Crippen LogP contribution in [-0.2, 0) is 6.61 Å². The van der Waals surface area contributed by atoms with Crippen molar-refractivity contribution in [3.05, 3.63) is 53.5 Å². The summed E-state index contributed by atoms with van der Waals surface area (Å²) in [6.45, 7) is 5.21. The summed E-state index contributed by atoms with van der Waals surface area (Å²) in [5.74, 6) is 0.761. The van der Waals surface area contributed by atoms with E-state index in [0.29, 0.717) is 6.61 Å². The van der Waals surface area contributed by atoms with Crippen molar-refractivity contribution in [2.24, 2.45) is 0 Å². The first-order valence-electron chi connectivity index (χ1n) is 6.77. The maximum Gasteiger partial charge on any atom is 0.165 e. The summed E-state index contributed by atoms with van der Waals surface area (Å²) in [4.78, 5) is 4.22. The summed E-state index contributed by atoms with van der Waals surface area (Å²) in [7, 11) is 0. The van der Waals surface area contributed by atoms with Gasteiger partial charge in [0, 0.05) is 12.7 Å². The number of aryl methyl sites for hydroxylation is 1. The molecule has 0 amide bonds. The van der Waals surface area contributed by atoms with Crippen LogP contribution >= 0.6 is 0 Å². The summed E-state index contributed by atoms with van der Waals surface area (Å²) in [6.07, 6.45) is 2.76. The van der Waals surface area contributed by atoms with Gasteiger partial charge >= 0.3 is 0 Å². The number of anilines is 1. The quantitative estimate of drug-likeness (QED) is 0.866. The molecule has 0 fully saturated rings. The SMILES string of the molecule is CCCNc1cc(COc2cc(C)ccc2F)ccn1. The number of nitrogens with zero attached hydrogens (tertiary/aromatic N) is 1. The Hall–Kier alpha value is -2.10. The third-order valence-corrected chi connectivity index (χ3v) is 2.86. The van der Waals surface area contributed by atoms with Gasteiger partial charge in [0.2, 0.25) is 0 Å². The molecular weight excluding hydrogens is 255 g/mol. The molecule has 0 spiro atoms. The number of hydrogen-bond donors (Lipinski definition) is 1. The number of rotatable bonds is 6. The molecule has 2 rings (SSSR count). The number of aromatic nitrogens is 1. The monoisotopic (exact) mass is 274 g/mol. The van der Waals surface area contributed by atoms with Gasteiger partial charge in [0.25, 0.3) is 0 Å².